The number of pyridine rings is 1. The number of hydrogen-bond acceptors (Lipinski definition) is 4. The van der Waals surface area contributed by atoms with Gasteiger partial charge in [-0.1, -0.05) is 0 Å². The van der Waals surface area contributed by atoms with Crippen LogP contribution < -0.4 is 15.4 Å². The fraction of sp³-hybridized carbons (Fsp3) is 0.538. The molecule has 5 nitrogen and oxygen atoms in total. The highest BCUT2D eigenvalue weighted by molar-refractivity contribution is 5.77. The van der Waals surface area contributed by atoms with E-state index < -0.39 is 0 Å². The van der Waals surface area contributed by atoms with E-state index in [9.17, 15) is 4.79 Å². The van der Waals surface area contributed by atoms with Crippen molar-refractivity contribution in [3.63, 3.8) is 0 Å². The topological polar surface area (TPSA) is 63.2 Å². The number of nitrogens with zero attached hydrogens (tertiary/aromatic N) is 1. The van der Waals surface area contributed by atoms with Gasteiger partial charge in [0.15, 0.2) is 0 Å². The normalized spacial score (nSPS) is 14.3. The summed E-state index contributed by atoms with van der Waals surface area (Å²) in [6.07, 6.45) is 4.21. The number of ether oxygens (including phenoxy) is 1. The lowest BCUT2D eigenvalue weighted by Gasteiger charge is -2.07. The third-order valence-corrected chi connectivity index (χ3v) is 2.91. The van der Waals surface area contributed by atoms with Crippen molar-refractivity contribution in [2.75, 3.05) is 20.2 Å². The van der Waals surface area contributed by atoms with Crippen molar-refractivity contribution in [1.82, 2.24) is 15.6 Å². The molecule has 0 unspecified atom stereocenters. The number of amides is 1. The minimum absolute atomic E-state index is 0.0583. The molecule has 1 heterocycles. The van der Waals surface area contributed by atoms with Crippen LogP contribution in [0.4, 0.5) is 0 Å². The first-order chi connectivity index (χ1) is 8.78. The lowest BCUT2D eigenvalue weighted by atomic mass is 10.2. The Morgan fingerprint density at radius 2 is 2.39 bits per heavy atom. The average Bonchev–Trinajstić information content (AvgIpc) is 3.21. The second-order valence-corrected chi connectivity index (χ2v) is 4.56. The summed E-state index contributed by atoms with van der Waals surface area (Å²) >= 11 is 0. The third kappa shape index (κ3) is 4.33. The van der Waals surface area contributed by atoms with Crippen LogP contribution in [0, 0.1) is 5.92 Å². The molecule has 2 N–H and O–H groups in total. The van der Waals surface area contributed by atoms with E-state index in [1.807, 2.05) is 12.1 Å². The SMILES string of the molecule is COc1cc(CNCC(=O)NCC2CC2)ccn1. The number of carbonyl (C=O) groups excluding carboxylic acids is 1. The summed E-state index contributed by atoms with van der Waals surface area (Å²) in [4.78, 5) is 15.5. The molecule has 0 atom stereocenters. The van der Waals surface area contributed by atoms with Gasteiger partial charge in [0.05, 0.1) is 13.7 Å². The molecule has 0 saturated heterocycles. The zero-order valence-corrected chi connectivity index (χ0v) is 10.6. The van der Waals surface area contributed by atoms with Gasteiger partial charge >= 0.3 is 0 Å². The second-order valence-electron chi connectivity index (χ2n) is 4.56. The number of nitrogens with one attached hydrogen (secondary N) is 2. The quantitative estimate of drug-likeness (QED) is 0.747. The van der Waals surface area contributed by atoms with Crippen molar-refractivity contribution in [2.45, 2.75) is 19.4 Å². The van der Waals surface area contributed by atoms with Crippen molar-refractivity contribution in [2.24, 2.45) is 5.92 Å². The van der Waals surface area contributed by atoms with Gasteiger partial charge in [-0.3, -0.25) is 4.79 Å². The van der Waals surface area contributed by atoms with E-state index in [0.717, 1.165) is 18.0 Å². The van der Waals surface area contributed by atoms with Crippen LogP contribution >= 0.6 is 0 Å². The summed E-state index contributed by atoms with van der Waals surface area (Å²) in [5, 5.41) is 6.02. The molecule has 1 aliphatic rings. The largest absolute Gasteiger partial charge is 0.481 e. The van der Waals surface area contributed by atoms with E-state index in [2.05, 4.69) is 15.6 Å². The predicted octanol–water partition coefficient (Wildman–Crippen LogP) is 0.706. The van der Waals surface area contributed by atoms with Crippen molar-refractivity contribution < 1.29 is 9.53 Å². The lowest BCUT2D eigenvalue weighted by Crippen LogP contribution is -2.34. The molecule has 1 fully saturated rings. The zero-order valence-electron chi connectivity index (χ0n) is 10.6. The summed E-state index contributed by atoms with van der Waals surface area (Å²) in [5.74, 6) is 1.37. The smallest absolute Gasteiger partial charge is 0.233 e. The molecule has 1 amide bonds. The van der Waals surface area contributed by atoms with E-state index in [4.69, 9.17) is 4.74 Å². The summed E-state index contributed by atoms with van der Waals surface area (Å²) < 4.78 is 5.04. The van der Waals surface area contributed by atoms with Crippen LogP contribution in [0.1, 0.15) is 18.4 Å². The van der Waals surface area contributed by atoms with Crippen LogP contribution in [0.15, 0.2) is 18.3 Å². The minimum Gasteiger partial charge on any atom is -0.481 e. The molecular weight excluding hydrogens is 230 g/mol. The van der Waals surface area contributed by atoms with E-state index >= 15 is 0 Å². The first kappa shape index (κ1) is 12.8. The van der Waals surface area contributed by atoms with Gasteiger partial charge in [0.25, 0.3) is 0 Å². The van der Waals surface area contributed by atoms with Gasteiger partial charge in [-0.25, -0.2) is 4.98 Å². The number of rotatable bonds is 7. The highest BCUT2D eigenvalue weighted by atomic mass is 16.5. The van der Waals surface area contributed by atoms with Crippen molar-refractivity contribution in [1.29, 1.82) is 0 Å². The predicted molar refractivity (Wildman–Crippen MR) is 68.2 cm³/mol. The van der Waals surface area contributed by atoms with Gasteiger partial charge in [0.2, 0.25) is 11.8 Å². The molecule has 0 bridgehead atoms. The van der Waals surface area contributed by atoms with E-state index in [1.165, 1.54) is 12.8 Å². The molecule has 1 saturated carbocycles. The fourth-order valence-corrected chi connectivity index (χ4v) is 1.64. The van der Waals surface area contributed by atoms with Crippen LogP contribution in [-0.2, 0) is 11.3 Å². The summed E-state index contributed by atoms with van der Waals surface area (Å²) in [6.45, 7) is 1.80. The van der Waals surface area contributed by atoms with Crippen molar-refractivity contribution in [3.8, 4) is 5.88 Å². The van der Waals surface area contributed by atoms with Gasteiger partial charge in [0.1, 0.15) is 0 Å². The highest BCUT2D eigenvalue weighted by Gasteiger charge is 2.21. The maximum atomic E-state index is 11.5. The fourth-order valence-electron chi connectivity index (χ4n) is 1.64. The number of methoxy groups -OCH3 is 1. The molecule has 0 aromatic carbocycles. The van der Waals surface area contributed by atoms with Gasteiger partial charge in [-0.05, 0) is 30.4 Å². The molecule has 18 heavy (non-hydrogen) atoms. The molecule has 2 rings (SSSR count). The Morgan fingerprint density at radius 1 is 1.56 bits per heavy atom. The Hall–Kier alpha value is -1.62. The first-order valence-corrected chi connectivity index (χ1v) is 6.24. The first-order valence-electron chi connectivity index (χ1n) is 6.24. The Morgan fingerprint density at radius 3 is 3.11 bits per heavy atom. The van der Waals surface area contributed by atoms with Gasteiger partial charge in [0, 0.05) is 25.4 Å². The molecule has 98 valence electrons. The Bertz CT molecular complexity index is 405. The van der Waals surface area contributed by atoms with E-state index in [1.54, 1.807) is 13.3 Å². The maximum Gasteiger partial charge on any atom is 0.233 e. The minimum atomic E-state index is 0.0583. The molecule has 0 aliphatic heterocycles. The van der Waals surface area contributed by atoms with E-state index in [-0.39, 0.29) is 5.91 Å². The monoisotopic (exact) mass is 249 g/mol. The molecule has 0 spiro atoms. The molecule has 5 heteroatoms. The molecule has 1 aliphatic carbocycles. The van der Waals surface area contributed by atoms with E-state index in [0.29, 0.717) is 19.0 Å². The number of hydrogen-bond donors (Lipinski definition) is 2. The summed E-state index contributed by atoms with van der Waals surface area (Å²) in [6, 6.07) is 3.76. The highest BCUT2D eigenvalue weighted by Crippen LogP contribution is 2.27. The van der Waals surface area contributed by atoms with Crippen molar-refractivity contribution >= 4 is 5.91 Å². The zero-order chi connectivity index (χ0) is 12.8. The third-order valence-electron chi connectivity index (χ3n) is 2.91. The standard InChI is InChI=1S/C13H19N3O2/c1-18-13-6-11(4-5-15-13)7-14-9-12(17)16-8-10-2-3-10/h4-6,10,14H,2-3,7-9H2,1H3,(H,16,17). The number of aromatic nitrogens is 1. The molecule has 1 aromatic rings. The summed E-state index contributed by atoms with van der Waals surface area (Å²) in [7, 11) is 1.59. The summed E-state index contributed by atoms with van der Waals surface area (Å²) in [5.41, 5.74) is 1.05. The molecule has 0 radical (unpaired) electrons. The van der Waals surface area contributed by atoms with Crippen LogP contribution in [0.25, 0.3) is 0 Å². The lowest BCUT2D eigenvalue weighted by molar-refractivity contribution is -0.120. The van der Waals surface area contributed by atoms with Crippen LogP contribution in [0.3, 0.4) is 0 Å². The Labute approximate surface area is 107 Å². The van der Waals surface area contributed by atoms with Crippen LogP contribution in [0.5, 0.6) is 5.88 Å². The maximum absolute atomic E-state index is 11.5. The average molecular weight is 249 g/mol. The van der Waals surface area contributed by atoms with Gasteiger partial charge in [-0.2, -0.15) is 0 Å². The van der Waals surface area contributed by atoms with Crippen molar-refractivity contribution in [3.05, 3.63) is 23.9 Å². The second kappa shape index (κ2) is 6.35. The molecule has 1 aromatic heterocycles. The van der Waals surface area contributed by atoms with Gasteiger partial charge in [-0.15, -0.1) is 0 Å². The Balaban J connectivity index is 1.65. The van der Waals surface area contributed by atoms with Gasteiger partial charge < -0.3 is 15.4 Å². The Kier molecular flexibility index (Phi) is 4.52. The number of carbonyl (C=O) groups is 1. The molecular formula is C13H19N3O2. The van der Waals surface area contributed by atoms with Crippen LogP contribution in [0.2, 0.25) is 0 Å². The van der Waals surface area contributed by atoms with Crippen LogP contribution in [-0.4, -0.2) is 31.1 Å².